The van der Waals surface area contributed by atoms with Crippen LogP contribution < -0.4 is 35.8 Å². The molecule has 4 fully saturated rings. The molecule has 6 heterocycles. The number of piperazine rings is 1. The second-order valence-corrected chi connectivity index (χ2v) is 22.0. The number of aromatic nitrogens is 4. The van der Waals surface area contributed by atoms with Crippen LogP contribution in [0.3, 0.4) is 0 Å². The lowest BCUT2D eigenvalue weighted by Crippen LogP contribution is -2.55. The van der Waals surface area contributed by atoms with Crippen LogP contribution >= 0.6 is 23.1 Å². The number of fused-ring (bicyclic) bond motifs is 1. The Kier molecular flexibility index (Phi) is 13.3. The molecule has 16 nitrogen and oxygen atoms in total. The summed E-state index contributed by atoms with van der Waals surface area (Å²) >= 11 is 3.60. The molecule has 2 atom stereocenters. The zero-order valence-electron chi connectivity index (χ0n) is 37.9. The number of carbonyl (C=O) groups is 3. The maximum absolute atomic E-state index is 13.8. The van der Waals surface area contributed by atoms with E-state index in [0.29, 0.717) is 69.4 Å². The van der Waals surface area contributed by atoms with E-state index in [0.717, 1.165) is 88.4 Å². The van der Waals surface area contributed by atoms with Gasteiger partial charge < -0.3 is 34.6 Å². The molecule has 4 saturated heterocycles. The monoisotopic (exact) mass is 977 g/mol. The Morgan fingerprint density at radius 2 is 1.62 bits per heavy atom. The minimum absolute atomic E-state index is 0.0253. The van der Waals surface area contributed by atoms with Gasteiger partial charge in [0, 0.05) is 101 Å². The van der Waals surface area contributed by atoms with Crippen molar-refractivity contribution in [2.45, 2.75) is 57.4 Å². The summed E-state index contributed by atoms with van der Waals surface area (Å²) in [6, 6.07) is 16.5. The molecule has 4 aliphatic heterocycles. The van der Waals surface area contributed by atoms with Crippen molar-refractivity contribution in [1.82, 2.24) is 35.1 Å². The van der Waals surface area contributed by atoms with Gasteiger partial charge in [-0.3, -0.25) is 34.6 Å². The summed E-state index contributed by atoms with van der Waals surface area (Å²) in [5.41, 5.74) is 7.00. The first-order chi connectivity index (χ1) is 31.9. The van der Waals surface area contributed by atoms with E-state index < -0.39 is 7.14 Å². The number of amides is 3. The number of imide groups is 1. The number of piperidine rings is 2. The first kappa shape index (κ1) is 45.5. The zero-order valence-corrected chi connectivity index (χ0v) is 40.4. The van der Waals surface area contributed by atoms with Gasteiger partial charge in [0.2, 0.25) is 23.7 Å². The molecule has 4 aliphatic rings. The molecule has 3 amide bonds. The maximum Gasteiger partial charge on any atom is 0.234 e. The molecule has 0 bridgehead atoms. The number of hydrogen-bond acceptors (Lipinski definition) is 14. The Morgan fingerprint density at radius 1 is 0.879 bits per heavy atom. The van der Waals surface area contributed by atoms with Crippen LogP contribution in [0.15, 0.2) is 71.6 Å². The quantitative estimate of drug-likeness (QED) is 0.0895. The molecular weight excluding hydrogens is 921 g/mol. The van der Waals surface area contributed by atoms with E-state index in [1.54, 1.807) is 39.0 Å². The molecule has 0 aliphatic carbocycles. The SMILES string of the molecule is CCc1cc(Nc2ncc(Br)c(Nc3ccc4nccnc4c3P(C)(C)=O)n2)c(OC)cc1N1CCC(N2CCN(C(=O)C3CCN(c4ccc(C5CCC(=O)NC5=O)cc4)C3)CC2)CC1. The first-order valence-corrected chi connectivity index (χ1v) is 26.3. The Balaban J connectivity index is 0.787. The summed E-state index contributed by atoms with van der Waals surface area (Å²) in [5.74, 6) is 1.06. The normalized spacial score (nSPS) is 19.9. The summed E-state index contributed by atoms with van der Waals surface area (Å²) in [6.45, 7) is 12.3. The fourth-order valence-electron chi connectivity index (χ4n) is 10.1. The van der Waals surface area contributed by atoms with Gasteiger partial charge in [-0.05, 0) is 103 Å². The van der Waals surface area contributed by atoms with Gasteiger partial charge in [-0.2, -0.15) is 4.98 Å². The fourth-order valence-corrected chi connectivity index (χ4v) is 11.7. The molecular formula is C48H57BrN11O5P. The fraction of sp³-hybridized carbons (Fsp3) is 0.438. The average Bonchev–Trinajstić information content (AvgIpc) is 3.83. The maximum atomic E-state index is 13.8. The Bertz CT molecular complexity index is 2680. The largest absolute Gasteiger partial charge is 0.494 e. The third-order valence-corrected chi connectivity index (χ3v) is 15.7. The second kappa shape index (κ2) is 19.3. The smallest absolute Gasteiger partial charge is 0.234 e. The van der Waals surface area contributed by atoms with Crippen molar-refractivity contribution in [3.8, 4) is 5.75 Å². The van der Waals surface area contributed by atoms with Crippen molar-refractivity contribution in [3.63, 3.8) is 0 Å². The van der Waals surface area contributed by atoms with Gasteiger partial charge in [0.15, 0.2) is 0 Å². The van der Waals surface area contributed by atoms with E-state index in [1.807, 2.05) is 36.4 Å². The average molecular weight is 979 g/mol. The highest BCUT2D eigenvalue weighted by atomic mass is 79.9. The van der Waals surface area contributed by atoms with Crippen LogP contribution in [0.1, 0.15) is 56.1 Å². The van der Waals surface area contributed by atoms with Crippen molar-refractivity contribution < 1.29 is 23.7 Å². The molecule has 346 valence electrons. The van der Waals surface area contributed by atoms with Crippen molar-refractivity contribution in [2.75, 3.05) is 93.2 Å². The topological polar surface area (TPSA) is 178 Å². The third-order valence-electron chi connectivity index (χ3n) is 13.6. The number of methoxy groups -OCH3 is 1. The lowest BCUT2D eigenvalue weighted by atomic mass is 9.90. The van der Waals surface area contributed by atoms with Crippen LogP contribution in [-0.4, -0.2) is 126 Å². The molecule has 0 spiro atoms. The predicted octanol–water partition coefficient (Wildman–Crippen LogP) is 6.65. The summed E-state index contributed by atoms with van der Waals surface area (Å²) < 4.78 is 20.1. The number of hydrogen-bond donors (Lipinski definition) is 3. The zero-order chi connectivity index (χ0) is 46.1. The van der Waals surface area contributed by atoms with Crippen LogP contribution in [-0.2, 0) is 25.4 Å². The summed E-state index contributed by atoms with van der Waals surface area (Å²) in [7, 11) is -1.11. The number of carbonyl (C=O) groups excluding carboxylic acids is 3. The molecule has 5 aromatic rings. The highest BCUT2D eigenvalue weighted by Crippen LogP contribution is 2.42. The van der Waals surface area contributed by atoms with Crippen LogP contribution in [0.5, 0.6) is 5.75 Å². The van der Waals surface area contributed by atoms with E-state index in [9.17, 15) is 18.9 Å². The minimum atomic E-state index is -2.78. The van der Waals surface area contributed by atoms with Crippen LogP contribution in [0, 0.1) is 5.92 Å². The van der Waals surface area contributed by atoms with Crippen LogP contribution in [0.2, 0.25) is 0 Å². The van der Waals surface area contributed by atoms with Crippen molar-refractivity contribution >= 4 is 91.6 Å². The van der Waals surface area contributed by atoms with Gasteiger partial charge in [0.25, 0.3) is 0 Å². The van der Waals surface area contributed by atoms with E-state index in [1.165, 1.54) is 11.3 Å². The van der Waals surface area contributed by atoms with Gasteiger partial charge in [-0.1, -0.05) is 19.1 Å². The van der Waals surface area contributed by atoms with Gasteiger partial charge in [-0.25, -0.2) is 4.98 Å². The number of halogens is 1. The van der Waals surface area contributed by atoms with Gasteiger partial charge in [0.1, 0.15) is 24.2 Å². The molecule has 3 N–H and O–H groups in total. The number of nitrogens with zero attached hydrogens (tertiary/aromatic N) is 8. The van der Waals surface area contributed by atoms with E-state index in [-0.39, 0.29) is 29.6 Å². The molecule has 2 unspecified atom stereocenters. The van der Waals surface area contributed by atoms with Gasteiger partial charge in [0.05, 0.1) is 45.6 Å². The first-order valence-electron chi connectivity index (χ1n) is 22.9. The Hall–Kier alpha value is -5.64. The van der Waals surface area contributed by atoms with E-state index in [4.69, 9.17) is 9.72 Å². The van der Waals surface area contributed by atoms with E-state index >= 15 is 0 Å². The number of benzene rings is 3. The van der Waals surface area contributed by atoms with Crippen LogP contribution in [0.25, 0.3) is 11.0 Å². The molecule has 3 aromatic carbocycles. The highest BCUT2D eigenvalue weighted by Gasteiger charge is 2.36. The van der Waals surface area contributed by atoms with Crippen molar-refractivity contribution in [3.05, 3.63) is 82.7 Å². The third kappa shape index (κ3) is 9.61. The molecule has 2 aromatic heterocycles. The number of aryl methyl sites for hydroxylation is 1. The standard InChI is InChI=1S/C48H57BrN11O5P/c1-5-30-26-39(54-48-52-28-36(49)45(56-48)53-38-12-11-37-43(51-18-17-50-37)44(38)66(3,4)64)41(65-2)27-40(30)58-20-15-34(16-21-58)57-22-24-59(25-23-57)47(63)32-14-19-60(29-32)33-8-6-31(7-9-33)35-10-13-42(61)55-46(35)62/h6-9,11-12,17-18,26-28,32,34-35H,5,10,13-16,19-25,29H2,1-4H3,(H,55,61,62)(H2,52,53,54,56). The molecule has 66 heavy (non-hydrogen) atoms. The molecule has 18 heteroatoms. The van der Waals surface area contributed by atoms with E-state index in [2.05, 4.69) is 85.5 Å². The number of rotatable bonds is 12. The number of anilines is 6. The Morgan fingerprint density at radius 3 is 2.33 bits per heavy atom. The van der Waals surface area contributed by atoms with Gasteiger partial charge >= 0.3 is 0 Å². The van der Waals surface area contributed by atoms with Crippen LogP contribution in [0.4, 0.5) is 34.5 Å². The molecule has 0 radical (unpaired) electrons. The minimum Gasteiger partial charge on any atom is -0.494 e. The summed E-state index contributed by atoms with van der Waals surface area (Å²) in [6.07, 6.45) is 9.55. The predicted molar refractivity (Wildman–Crippen MR) is 263 cm³/mol. The number of ether oxygens (including phenoxy) is 1. The second-order valence-electron chi connectivity index (χ2n) is 18.0. The highest BCUT2D eigenvalue weighted by molar-refractivity contribution is 9.10. The molecule has 9 rings (SSSR count). The van der Waals surface area contributed by atoms with Crippen molar-refractivity contribution in [1.29, 1.82) is 0 Å². The number of nitrogens with one attached hydrogen (secondary N) is 3. The Labute approximate surface area is 393 Å². The van der Waals surface area contributed by atoms with Crippen molar-refractivity contribution in [2.24, 2.45) is 5.92 Å². The van der Waals surface area contributed by atoms with Gasteiger partial charge in [-0.15, -0.1) is 0 Å². The summed E-state index contributed by atoms with van der Waals surface area (Å²) in [5, 5.41) is 9.84. The summed E-state index contributed by atoms with van der Waals surface area (Å²) in [4.78, 5) is 65.4. The lowest BCUT2D eigenvalue weighted by molar-refractivity contribution is -0.137. The molecule has 0 saturated carbocycles. The lowest BCUT2D eigenvalue weighted by Gasteiger charge is -2.44.